The summed E-state index contributed by atoms with van der Waals surface area (Å²) in [4.78, 5) is 4.01. The fourth-order valence-corrected chi connectivity index (χ4v) is 1.27. The van der Waals surface area contributed by atoms with Crippen LogP contribution in [0.1, 0.15) is 11.3 Å². The Morgan fingerprint density at radius 1 is 1.36 bits per heavy atom. The summed E-state index contributed by atoms with van der Waals surface area (Å²) in [5.41, 5.74) is 3.47. The Morgan fingerprint density at radius 2 is 2.14 bits per heavy atom. The van der Waals surface area contributed by atoms with Crippen molar-refractivity contribution in [2.75, 3.05) is 0 Å². The molecule has 2 radical (unpaired) electrons. The first kappa shape index (κ1) is 9.00. The first-order valence-corrected chi connectivity index (χ1v) is 4.42. The van der Waals surface area contributed by atoms with Crippen molar-refractivity contribution in [3.05, 3.63) is 35.8 Å². The maximum atomic E-state index is 5.74. The van der Waals surface area contributed by atoms with Gasteiger partial charge in [0, 0.05) is 18.0 Å². The number of hydrogen-bond donors (Lipinski definition) is 0. The van der Waals surface area contributed by atoms with E-state index in [2.05, 4.69) is 10.1 Å². The molecule has 2 rings (SSSR count). The van der Waals surface area contributed by atoms with Gasteiger partial charge in [-0.05, 0) is 31.5 Å². The molecule has 2 aromatic heterocycles. The van der Waals surface area contributed by atoms with Crippen LogP contribution >= 0.6 is 0 Å². The standard InChI is InChI=1S/C10H10BN3/c1-7-6-14(13-8(7)2)9-4-3-5-12-10(9)11/h3-6H,1-2H3. The van der Waals surface area contributed by atoms with Crippen LogP contribution in [-0.4, -0.2) is 22.6 Å². The molecule has 0 unspecified atom stereocenters. The minimum absolute atomic E-state index is 0.495. The summed E-state index contributed by atoms with van der Waals surface area (Å²) in [6, 6.07) is 3.74. The molecule has 0 aliphatic carbocycles. The van der Waals surface area contributed by atoms with Gasteiger partial charge in [-0.25, -0.2) is 4.68 Å². The molecule has 0 N–H and O–H groups in total. The fourth-order valence-electron chi connectivity index (χ4n) is 1.27. The van der Waals surface area contributed by atoms with Crippen LogP contribution in [0.15, 0.2) is 24.5 Å². The average Bonchev–Trinajstić information content (AvgIpc) is 2.48. The van der Waals surface area contributed by atoms with Gasteiger partial charge in [0.15, 0.2) is 0 Å². The van der Waals surface area contributed by atoms with Crippen LogP contribution in [0.2, 0.25) is 0 Å². The second-order valence-electron chi connectivity index (χ2n) is 3.25. The molecule has 4 heteroatoms. The minimum atomic E-state index is 0.495. The zero-order valence-electron chi connectivity index (χ0n) is 8.23. The predicted molar refractivity (Wildman–Crippen MR) is 56.2 cm³/mol. The van der Waals surface area contributed by atoms with Gasteiger partial charge in [0.1, 0.15) is 7.85 Å². The van der Waals surface area contributed by atoms with E-state index in [9.17, 15) is 0 Å². The normalized spacial score (nSPS) is 10.4. The SMILES string of the molecule is [B]c1ncccc1-n1cc(C)c(C)n1. The lowest BCUT2D eigenvalue weighted by atomic mass is 10.0. The van der Waals surface area contributed by atoms with E-state index < -0.39 is 0 Å². The first-order valence-electron chi connectivity index (χ1n) is 4.42. The van der Waals surface area contributed by atoms with Gasteiger partial charge in [-0.15, -0.1) is 0 Å². The molecule has 0 saturated carbocycles. The van der Waals surface area contributed by atoms with Crippen LogP contribution in [0, 0.1) is 13.8 Å². The molecule has 0 bridgehead atoms. The quantitative estimate of drug-likeness (QED) is 0.608. The summed E-state index contributed by atoms with van der Waals surface area (Å²) < 4.78 is 1.76. The van der Waals surface area contributed by atoms with E-state index in [-0.39, 0.29) is 0 Å². The van der Waals surface area contributed by atoms with Gasteiger partial charge in [-0.1, -0.05) is 0 Å². The van der Waals surface area contributed by atoms with Crippen LogP contribution in [0.5, 0.6) is 0 Å². The lowest BCUT2D eigenvalue weighted by Crippen LogP contribution is -2.16. The minimum Gasteiger partial charge on any atom is -0.271 e. The van der Waals surface area contributed by atoms with E-state index in [0.717, 1.165) is 16.9 Å². The highest BCUT2D eigenvalue weighted by Crippen LogP contribution is 2.07. The molecule has 0 amide bonds. The monoisotopic (exact) mass is 183 g/mol. The molecule has 14 heavy (non-hydrogen) atoms. The van der Waals surface area contributed by atoms with Crippen molar-refractivity contribution in [1.82, 2.24) is 14.8 Å². The molecule has 0 aliphatic rings. The van der Waals surface area contributed by atoms with E-state index in [1.807, 2.05) is 32.2 Å². The number of hydrogen-bond acceptors (Lipinski definition) is 2. The summed E-state index contributed by atoms with van der Waals surface area (Å²) in [6.45, 7) is 3.99. The molecule has 2 aromatic rings. The van der Waals surface area contributed by atoms with E-state index in [0.29, 0.717) is 5.59 Å². The number of aromatic nitrogens is 3. The van der Waals surface area contributed by atoms with Gasteiger partial charge in [0.2, 0.25) is 0 Å². The zero-order valence-corrected chi connectivity index (χ0v) is 8.23. The third-order valence-electron chi connectivity index (χ3n) is 2.21. The van der Waals surface area contributed by atoms with Crippen molar-refractivity contribution in [3.63, 3.8) is 0 Å². The summed E-state index contributed by atoms with van der Waals surface area (Å²) in [5.74, 6) is 0. The number of nitrogens with zero attached hydrogens (tertiary/aromatic N) is 3. The number of pyridine rings is 1. The molecule has 0 fully saturated rings. The van der Waals surface area contributed by atoms with Crippen LogP contribution in [-0.2, 0) is 0 Å². The van der Waals surface area contributed by atoms with E-state index in [1.165, 1.54) is 0 Å². The van der Waals surface area contributed by atoms with E-state index >= 15 is 0 Å². The first-order chi connectivity index (χ1) is 6.68. The smallest absolute Gasteiger partial charge is 0.144 e. The molecule has 0 atom stereocenters. The Labute approximate surface area is 84.2 Å². The highest BCUT2D eigenvalue weighted by molar-refractivity contribution is 6.32. The fraction of sp³-hybridized carbons (Fsp3) is 0.200. The van der Waals surface area contributed by atoms with Gasteiger partial charge in [0.05, 0.1) is 11.4 Å². The average molecular weight is 183 g/mol. The van der Waals surface area contributed by atoms with E-state index in [1.54, 1.807) is 10.9 Å². The van der Waals surface area contributed by atoms with Gasteiger partial charge >= 0.3 is 0 Å². The number of rotatable bonds is 1. The second kappa shape index (κ2) is 3.29. The summed E-state index contributed by atoms with van der Waals surface area (Å²) in [6.07, 6.45) is 3.62. The third-order valence-corrected chi connectivity index (χ3v) is 2.21. The van der Waals surface area contributed by atoms with E-state index in [4.69, 9.17) is 7.85 Å². The maximum Gasteiger partial charge on any atom is 0.144 e. The van der Waals surface area contributed by atoms with Crippen LogP contribution in [0.25, 0.3) is 5.69 Å². The topological polar surface area (TPSA) is 30.7 Å². The van der Waals surface area contributed by atoms with Crippen molar-refractivity contribution in [2.24, 2.45) is 0 Å². The van der Waals surface area contributed by atoms with Gasteiger partial charge < -0.3 is 0 Å². The Hall–Kier alpha value is -1.58. The lowest BCUT2D eigenvalue weighted by Gasteiger charge is -2.03. The molecule has 3 nitrogen and oxygen atoms in total. The predicted octanol–water partition coefficient (Wildman–Crippen LogP) is 0.678. The van der Waals surface area contributed by atoms with Gasteiger partial charge in [-0.3, -0.25) is 4.98 Å². The second-order valence-corrected chi connectivity index (χ2v) is 3.25. The molecule has 0 saturated heterocycles. The van der Waals surface area contributed by atoms with Crippen LogP contribution in [0.4, 0.5) is 0 Å². The molecule has 2 heterocycles. The third kappa shape index (κ3) is 1.43. The van der Waals surface area contributed by atoms with Crippen molar-refractivity contribution in [1.29, 1.82) is 0 Å². The molecule has 0 spiro atoms. The van der Waals surface area contributed by atoms with Crippen molar-refractivity contribution in [2.45, 2.75) is 13.8 Å². The molecule has 68 valence electrons. The van der Waals surface area contributed by atoms with Crippen LogP contribution in [0.3, 0.4) is 0 Å². The molecular weight excluding hydrogens is 173 g/mol. The Balaban J connectivity index is 2.55. The molecule has 0 aliphatic heterocycles. The van der Waals surface area contributed by atoms with Crippen LogP contribution < -0.4 is 5.59 Å². The molecular formula is C10H10BN3. The number of aryl methyl sites for hydroxylation is 2. The van der Waals surface area contributed by atoms with Gasteiger partial charge in [-0.2, -0.15) is 5.10 Å². The Bertz CT molecular complexity index is 443. The highest BCUT2D eigenvalue weighted by Gasteiger charge is 2.04. The van der Waals surface area contributed by atoms with Crippen molar-refractivity contribution in [3.8, 4) is 5.69 Å². The summed E-state index contributed by atoms with van der Waals surface area (Å²) in [5, 5.41) is 4.34. The largest absolute Gasteiger partial charge is 0.271 e. The lowest BCUT2D eigenvalue weighted by molar-refractivity contribution is 0.863. The summed E-state index contributed by atoms with van der Waals surface area (Å²) in [7, 11) is 5.74. The van der Waals surface area contributed by atoms with Crippen molar-refractivity contribution < 1.29 is 0 Å². The van der Waals surface area contributed by atoms with Crippen molar-refractivity contribution >= 4 is 13.4 Å². The molecule has 0 aromatic carbocycles. The summed E-state index contributed by atoms with van der Waals surface area (Å²) >= 11 is 0. The highest BCUT2D eigenvalue weighted by atomic mass is 15.3. The Kier molecular flexibility index (Phi) is 2.12. The maximum absolute atomic E-state index is 5.74. The Morgan fingerprint density at radius 3 is 2.71 bits per heavy atom. The van der Waals surface area contributed by atoms with Gasteiger partial charge in [0.25, 0.3) is 0 Å². The zero-order chi connectivity index (χ0) is 10.1.